The summed E-state index contributed by atoms with van der Waals surface area (Å²) in [4.78, 5) is 77.6. The number of rotatable bonds is 13. The summed E-state index contributed by atoms with van der Waals surface area (Å²) in [5.74, 6) is -1.36. The predicted octanol–water partition coefficient (Wildman–Crippen LogP) is 3.71. The maximum Gasteiger partial charge on any atom is 0.266 e. The average molecular weight is 909 g/mol. The number of amides is 5. The van der Waals surface area contributed by atoms with Crippen LogP contribution in [0.15, 0.2) is 69.5 Å². The SMILES string of the molecule is CN=CC(=CN)C1=CC2CCCN(C(=N)C3=C(NC4CCN(C5CCN(CCCOc6cccc7c6C(=O)N(C6CCC(=O)NC6=O)C7=O)CC5)CC4)CCN(C(C)=O)C3)C2C=C1C(C)F. The molecule has 1 aromatic carbocycles. The minimum absolute atomic E-state index is 0.00554. The lowest BCUT2D eigenvalue weighted by molar-refractivity contribution is -0.136. The highest BCUT2D eigenvalue weighted by atomic mass is 19.1. The van der Waals surface area contributed by atoms with Gasteiger partial charge in [0.1, 0.15) is 23.8 Å². The summed E-state index contributed by atoms with van der Waals surface area (Å²) in [6.07, 6.45) is 13.5. The van der Waals surface area contributed by atoms with Crippen molar-refractivity contribution in [3.05, 3.63) is 75.7 Å². The van der Waals surface area contributed by atoms with Crippen molar-refractivity contribution in [3.8, 4) is 5.75 Å². The van der Waals surface area contributed by atoms with E-state index < -0.39 is 35.8 Å². The molecular weight excluding hydrogens is 844 g/mol. The lowest BCUT2D eigenvalue weighted by atomic mass is 9.77. The van der Waals surface area contributed by atoms with Crippen LogP contribution in [0.1, 0.15) is 98.8 Å². The number of alkyl halides is 1. The first-order valence-corrected chi connectivity index (χ1v) is 23.8. The Kier molecular flexibility index (Phi) is 14.5. The monoisotopic (exact) mass is 909 g/mol. The number of ether oxygens (including phenoxy) is 1. The van der Waals surface area contributed by atoms with Crippen molar-refractivity contribution in [1.29, 1.82) is 5.41 Å². The molecule has 0 bridgehead atoms. The van der Waals surface area contributed by atoms with E-state index >= 15 is 4.39 Å². The summed E-state index contributed by atoms with van der Waals surface area (Å²) in [6.45, 7) is 9.95. The van der Waals surface area contributed by atoms with E-state index in [1.54, 1.807) is 45.3 Å². The van der Waals surface area contributed by atoms with E-state index in [0.717, 1.165) is 99.4 Å². The number of hydrogen-bond acceptors (Lipinski definition) is 12. The molecule has 6 heterocycles. The number of allylic oxidation sites excluding steroid dienone is 3. The van der Waals surface area contributed by atoms with Crippen molar-refractivity contribution >= 4 is 41.6 Å². The Balaban J connectivity index is 0.824. The van der Waals surface area contributed by atoms with E-state index in [2.05, 4.69) is 36.4 Å². The first-order chi connectivity index (χ1) is 31.9. The maximum absolute atomic E-state index is 15.3. The number of nitrogens with zero attached hydrogens (tertiary/aromatic N) is 6. The van der Waals surface area contributed by atoms with Gasteiger partial charge in [-0.3, -0.25) is 44.6 Å². The van der Waals surface area contributed by atoms with Gasteiger partial charge in [-0.15, -0.1) is 0 Å². The molecule has 354 valence electrons. The molecule has 5 N–H and O–H groups in total. The molecule has 4 saturated heterocycles. The van der Waals surface area contributed by atoms with Crippen LogP contribution in [0.2, 0.25) is 0 Å². The lowest BCUT2D eigenvalue weighted by Crippen LogP contribution is -2.54. The molecule has 5 amide bonds. The van der Waals surface area contributed by atoms with Crippen molar-refractivity contribution in [3.63, 3.8) is 0 Å². The number of imide groups is 2. The van der Waals surface area contributed by atoms with Crippen molar-refractivity contribution < 1.29 is 33.1 Å². The van der Waals surface area contributed by atoms with Crippen LogP contribution in [0.25, 0.3) is 0 Å². The first-order valence-electron chi connectivity index (χ1n) is 23.8. The zero-order valence-electron chi connectivity index (χ0n) is 38.5. The van der Waals surface area contributed by atoms with E-state index in [1.165, 1.54) is 6.20 Å². The van der Waals surface area contributed by atoms with E-state index in [0.29, 0.717) is 61.4 Å². The topological polar surface area (TPSA) is 197 Å². The van der Waals surface area contributed by atoms with Crippen LogP contribution in [0.4, 0.5) is 4.39 Å². The Morgan fingerprint density at radius 2 is 1.79 bits per heavy atom. The molecule has 0 saturated carbocycles. The largest absolute Gasteiger partial charge is 0.493 e. The van der Waals surface area contributed by atoms with Gasteiger partial charge in [0.2, 0.25) is 17.7 Å². The smallest absolute Gasteiger partial charge is 0.266 e. The lowest BCUT2D eigenvalue weighted by Gasteiger charge is -2.45. The minimum atomic E-state index is -1.23. The fourth-order valence-electron chi connectivity index (χ4n) is 11.1. The highest BCUT2D eigenvalue weighted by Crippen LogP contribution is 2.39. The number of fused-ring (bicyclic) bond motifs is 2. The zero-order valence-corrected chi connectivity index (χ0v) is 38.5. The van der Waals surface area contributed by atoms with Crippen molar-refractivity contribution in [2.75, 3.05) is 66.0 Å². The van der Waals surface area contributed by atoms with Gasteiger partial charge in [-0.25, -0.2) is 4.39 Å². The summed E-state index contributed by atoms with van der Waals surface area (Å²) in [5.41, 5.74) is 10.3. The van der Waals surface area contributed by atoms with Crippen LogP contribution < -0.4 is 21.1 Å². The zero-order chi connectivity index (χ0) is 46.6. The fraction of sp³-hybridized carbons (Fsp3) is 0.571. The number of halogens is 1. The molecule has 4 fully saturated rings. The van der Waals surface area contributed by atoms with Gasteiger partial charge < -0.3 is 35.4 Å². The standard InChI is InChI=1S/C49H65FN10O6/c1-30(50)37-26-42-32(25-38(37)33(27-51)28-53-3)7-5-18-59(42)46(52)39-29-58(31(2)61)23-16-40(39)54-34-12-21-57(22-13-34)35-14-19-56(20-15-35)17-6-24-66-43-9-4-8-36-45(43)49(65)60(48(36)64)41-10-11-44(62)55-47(41)63/h4,8-9,25-28,30,32,34-35,41-42,52,54H,5-7,10-24,29,51H2,1-3H3,(H,55,62,63). The highest BCUT2D eigenvalue weighted by molar-refractivity contribution is 6.24. The number of benzene rings is 1. The minimum Gasteiger partial charge on any atom is -0.493 e. The number of hydrogen-bond donors (Lipinski definition) is 4. The average Bonchev–Trinajstić information content (AvgIpc) is 3.57. The van der Waals surface area contributed by atoms with Crippen LogP contribution >= 0.6 is 0 Å². The molecule has 0 aromatic heterocycles. The second-order valence-corrected chi connectivity index (χ2v) is 18.7. The Labute approximate surface area is 386 Å². The van der Waals surface area contributed by atoms with Gasteiger partial charge >= 0.3 is 0 Å². The molecule has 4 atom stereocenters. The number of nitrogens with two attached hydrogens (primary N) is 1. The van der Waals surface area contributed by atoms with Crippen molar-refractivity contribution in [2.45, 2.75) is 108 Å². The number of piperidine rings is 4. The van der Waals surface area contributed by atoms with Crippen LogP contribution in [0.3, 0.4) is 0 Å². The Bertz CT molecular complexity index is 2250. The molecule has 0 radical (unpaired) electrons. The molecule has 17 heteroatoms. The molecule has 0 spiro atoms. The number of amidine groups is 1. The molecular formula is C49H65FN10O6. The molecule has 1 aromatic rings. The molecule has 7 aliphatic rings. The third-order valence-corrected chi connectivity index (χ3v) is 14.6. The van der Waals surface area contributed by atoms with Crippen LogP contribution in [-0.2, 0) is 14.4 Å². The van der Waals surface area contributed by atoms with E-state index in [9.17, 15) is 29.4 Å². The predicted molar refractivity (Wildman–Crippen MR) is 249 cm³/mol. The third kappa shape index (κ3) is 9.73. The summed E-state index contributed by atoms with van der Waals surface area (Å²) in [7, 11) is 1.67. The van der Waals surface area contributed by atoms with Crippen LogP contribution in [-0.4, -0.2) is 162 Å². The molecule has 1 aliphatic carbocycles. The number of carbonyl (C=O) groups is 5. The molecule has 66 heavy (non-hydrogen) atoms. The molecule has 16 nitrogen and oxygen atoms in total. The van der Waals surface area contributed by atoms with Gasteiger partial charge in [-0.1, -0.05) is 18.2 Å². The number of carbonyl (C=O) groups excluding carboxylic acids is 5. The summed E-state index contributed by atoms with van der Waals surface area (Å²) < 4.78 is 21.3. The quantitative estimate of drug-likeness (QED) is 0.0976. The number of likely N-dealkylation sites (tertiary alicyclic amines) is 3. The third-order valence-electron chi connectivity index (χ3n) is 14.6. The van der Waals surface area contributed by atoms with Crippen molar-refractivity contribution in [2.24, 2.45) is 16.6 Å². The highest BCUT2D eigenvalue weighted by Gasteiger charge is 2.46. The Morgan fingerprint density at radius 3 is 2.48 bits per heavy atom. The van der Waals surface area contributed by atoms with Gasteiger partial charge in [0.25, 0.3) is 11.8 Å². The molecule has 8 rings (SSSR count). The first kappa shape index (κ1) is 46.8. The summed E-state index contributed by atoms with van der Waals surface area (Å²) in [6, 6.07) is 4.50. The van der Waals surface area contributed by atoms with Gasteiger partial charge in [0, 0.05) is 107 Å². The fourth-order valence-corrected chi connectivity index (χ4v) is 11.1. The second-order valence-electron chi connectivity index (χ2n) is 18.7. The van der Waals surface area contributed by atoms with Crippen LogP contribution in [0, 0.1) is 11.3 Å². The normalized spacial score (nSPS) is 25.7. The van der Waals surface area contributed by atoms with E-state index in [4.69, 9.17) is 10.5 Å². The second kappa shape index (κ2) is 20.5. The van der Waals surface area contributed by atoms with Gasteiger partial charge in [0.05, 0.1) is 30.3 Å². The van der Waals surface area contributed by atoms with E-state index in [-0.39, 0.29) is 47.9 Å². The molecule has 6 aliphatic heterocycles. The summed E-state index contributed by atoms with van der Waals surface area (Å²) in [5, 5.41) is 15.8. The maximum atomic E-state index is 15.3. The van der Waals surface area contributed by atoms with Gasteiger partial charge in [-0.05, 0) is 94.7 Å². The van der Waals surface area contributed by atoms with Crippen molar-refractivity contribution in [1.82, 2.24) is 35.1 Å². The van der Waals surface area contributed by atoms with Gasteiger partial charge in [0.15, 0.2) is 0 Å². The van der Waals surface area contributed by atoms with E-state index in [1.807, 2.05) is 11.0 Å². The number of nitrogens with one attached hydrogen (secondary N) is 3. The summed E-state index contributed by atoms with van der Waals surface area (Å²) >= 11 is 0. The Morgan fingerprint density at radius 1 is 1.02 bits per heavy atom. The van der Waals surface area contributed by atoms with Gasteiger partial charge in [-0.2, -0.15) is 0 Å². The molecule has 4 unspecified atom stereocenters. The number of aliphatic imine (C=N–C) groups is 1. The Hall–Kier alpha value is -5.68. The van der Waals surface area contributed by atoms with Crippen LogP contribution in [0.5, 0.6) is 5.75 Å².